The molecule has 1 aliphatic carbocycles. The largest absolute Gasteiger partial charge is 0.377 e. The third-order valence-electron chi connectivity index (χ3n) is 3.57. The fourth-order valence-electron chi connectivity index (χ4n) is 2.46. The SMILES string of the molecule is NC1CCCC1CCOCc1ccccc1F. The third kappa shape index (κ3) is 3.51. The molecule has 2 nitrogen and oxygen atoms in total. The summed E-state index contributed by atoms with van der Waals surface area (Å²) >= 11 is 0. The number of hydrogen-bond acceptors (Lipinski definition) is 2. The normalized spacial score (nSPS) is 24.1. The van der Waals surface area contributed by atoms with Crippen molar-refractivity contribution in [3.63, 3.8) is 0 Å². The summed E-state index contributed by atoms with van der Waals surface area (Å²) in [7, 11) is 0. The van der Waals surface area contributed by atoms with Crippen LogP contribution in [-0.4, -0.2) is 12.6 Å². The molecular weight excluding hydrogens is 217 g/mol. The van der Waals surface area contributed by atoms with Crippen LogP contribution in [0.2, 0.25) is 0 Å². The highest BCUT2D eigenvalue weighted by Crippen LogP contribution is 2.26. The minimum atomic E-state index is -0.190. The van der Waals surface area contributed by atoms with Crippen molar-refractivity contribution < 1.29 is 9.13 Å². The summed E-state index contributed by atoms with van der Waals surface area (Å²) in [6.45, 7) is 1.03. The Hall–Kier alpha value is -0.930. The van der Waals surface area contributed by atoms with Crippen molar-refractivity contribution in [1.29, 1.82) is 0 Å². The Balaban J connectivity index is 1.68. The molecule has 2 atom stereocenters. The molecular formula is C14H20FNO. The van der Waals surface area contributed by atoms with Gasteiger partial charge in [-0.25, -0.2) is 4.39 Å². The number of halogens is 1. The van der Waals surface area contributed by atoms with Gasteiger partial charge in [0.25, 0.3) is 0 Å². The summed E-state index contributed by atoms with van der Waals surface area (Å²) in [6.07, 6.45) is 4.58. The fraction of sp³-hybridized carbons (Fsp3) is 0.571. The van der Waals surface area contributed by atoms with Gasteiger partial charge in [-0.1, -0.05) is 24.6 Å². The number of rotatable bonds is 5. The highest BCUT2D eigenvalue weighted by atomic mass is 19.1. The molecule has 0 amide bonds. The molecule has 0 aliphatic heterocycles. The molecule has 1 fully saturated rings. The lowest BCUT2D eigenvalue weighted by Gasteiger charge is -2.15. The van der Waals surface area contributed by atoms with Crippen molar-refractivity contribution in [2.75, 3.05) is 6.61 Å². The van der Waals surface area contributed by atoms with Crippen LogP contribution in [0.5, 0.6) is 0 Å². The Labute approximate surface area is 102 Å². The van der Waals surface area contributed by atoms with Gasteiger partial charge >= 0.3 is 0 Å². The molecule has 1 aromatic rings. The number of benzene rings is 1. The van der Waals surface area contributed by atoms with E-state index in [0.717, 1.165) is 12.8 Å². The molecule has 0 saturated heterocycles. The second-order valence-electron chi connectivity index (χ2n) is 4.79. The van der Waals surface area contributed by atoms with Gasteiger partial charge in [0, 0.05) is 18.2 Å². The minimum Gasteiger partial charge on any atom is -0.377 e. The highest BCUT2D eigenvalue weighted by molar-refractivity contribution is 5.16. The Morgan fingerprint density at radius 2 is 2.12 bits per heavy atom. The molecule has 17 heavy (non-hydrogen) atoms. The van der Waals surface area contributed by atoms with E-state index in [4.69, 9.17) is 10.5 Å². The van der Waals surface area contributed by atoms with Gasteiger partial charge in [0.1, 0.15) is 5.82 Å². The van der Waals surface area contributed by atoms with Gasteiger partial charge < -0.3 is 10.5 Å². The lowest BCUT2D eigenvalue weighted by molar-refractivity contribution is 0.104. The molecule has 2 N–H and O–H groups in total. The Bertz CT molecular complexity index is 356. The Kier molecular flexibility index (Phi) is 4.51. The molecule has 0 aromatic heterocycles. The summed E-state index contributed by atoms with van der Waals surface area (Å²) < 4.78 is 18.8. The first-order chi connectivity index (χ1) is 8.27. The highest BCUT2D eigenvalue weighted by Gasteiger charge is 2.23. The maximum absolute atomic E-state index is 13.3. The molecule has 0 spiro atoms. The van der Waals surface area contributed by atoms with E-state index in [9.17, 15) is 4.39 Å². The zero-order valence-corrected chi connectivity index (χ0v) is 10.1. The van der Waals surface area contributed by atoms with E-state index in [0.29, 0.717) is 30.7 Å². The maximum Gasteiger partial charge on any atom is 0.128 e. The van der Waals surface area contributed by atoms with E-state index in [1.807, 2.05) is 6.07 Å². The van der Waals surface area contributed by atoms with E-state index in [2.05, 4.69) is 0 Å². The average molecular weight is 237 g/mol. The standard InChI is InChI=1S/C14H20FNO/c15-13-6-2-1-4-12(13)10-17-9-8-11-5-3-7-14(11)16/h1-2,4,6,11,14H,3,5,7-10,16H2. The lowest BCUT2D eigenvalue weighted by Crippen LogP contribution is -2.25. The van der Waals surface area contributed by atoms with E-state index >= 15 is 0 Å². The number of ether oxygens (including phenoxy) is 1. The van der Waals surface area contributed by atoms with Crippen LogP contribution in [0.25, 0.3) is 0 Å². The van der Waals surface area contributed by atoms with E-state index in [1.54, 1.807) is 12.1 Å². The van der Waals surface area contributed by atoms with Crippen LogP contribution in [0.1, 0.15) is 31.2 Å². The van der Waals surface area contributed by atoms with Crippen LogP contribution in [0, 0.1) is 11.7 Å². The minimum absolute atomic E-state index is 0.190. The number of nitrogens with two attached hydrogens (primary N) is 1. The van der Waals surface area contributed by atoms with Crippen LogP contribution in [0.15, 0.2) is 24.3 Å². The molecule has 1 aliphatic rings. The molecule has 3 heteroatoms. The summed E-state index contributed by atoms with van der Waals surface area (Å²) in [5.41, 5.74) is 6.61. The Morgan fingerprint density at radius 3 is 2.82 bits per heavy atom. The zero-order valence-electron chi connectivity index (χ0n) is 10.1. The lowest BCUT2D eigenvalue weighted by atomic mass is 10.0. The fourth-order valence-corrected chi connectivity index (χ4v) is 2.46. The van der Waals surface area contributed by atoms with Gasteiger partial charge in [0.15, 0.2) is 0 Å². The first-order valence-corrected chi connectivity index (χ1v) is 6.34. The van der Waals surface area contributed by atoms with Gasteiger partial charge in [-0.3, -0.25) is 0 Å². The van der Waals surface area contributed by atoms with Gasteiger partial charge in [0.05, 0.1) is 6.61 Å². The topological polar surface area (TPSA) is 35.2 Å². The van der Waals surface area contributed by atoms with Crippen molar-refractivity contribution in [2.24, 2.45) is 11.7 Å². The summed E-state index contributed by atoms with van der Waals surface area (Å²) in [5, 5.41) is 0. The van der Waals surface area contributed by atoms with Crippen LogP contribution in [0.4, 0.5) is 4.39 Å². The Morgan fingerprint density at radius 1 is 1.29 bits per heavy atom. The quantitative estimate of drug-likeness (QED) is 0.799. The molecule has 0 heterocycles. The molecule has 2 rings (SSSR count). The van der Waals surface area contributed by atoms with Gasteiger partial charge in [-0.2, -0.15) is 0 Å². The predicted molar refractivity (Wildman–Crippen MR) is 66.0 cm³/mol. The number of hydrogen-bond donors (Lipinski definition) is 1. The van der Waals surface area contributed by atoms with Crippen molar-refractivity contribution >= 4 is 0 Å². The van der Waals surface area contributed by atoms with Crippen molar-refractivity contribution in [1.82, 2.24) is 0 Å². The first-order valence-electron chi connectivity index (χ1n) is 6.34. The predicted octanol–water partition coefficient (Wildman–Crippen LogP) is 2.86. The van der Waals surface area contributed by atoms with Crippen molar-refractivity contribution in [3.05, 3.63) is 35.6 Å². The third-order valence-corrected chi connectivity index (χ3v) is 3.57. The van der Waals surface area contributed by atoms with Crippen LogP contribution in [-0.2, 0) is 11.3 Å². The smallest absolute Gasteiger partial charge is 0.128 e. The van der Waals surface area contributed by atoms with Crippen LogP contribution >= 0.6 is 0 Å². The summed E-state index contributed by atoms with van der Waals surface area (Å²) in [5.74, 6) is 0.403. The molecule has 2 unspecified atom stereocenters. The van der Waals surface area contributed by atoms with E-state index in [-0.39, 0.29) is 5.82 Å². The van der Waals surface area contributed by atoms with Gasteiger partial charge in [-0.05, 0) is 31.2 Å². The summed E-state index contributed by atoms with van der Waals surface area (Å²) in [4.78, 5) is 0. The molecule has 0 radical (unpaired) electrons. The average Bonchev–Trinajstić information content (AvgIpc) is 2.73. The summed E-state index contributed by atoms with van der Waals surface area (Å²) in [6, 6.07) is 7.08. The molecule has 1 aromatic carbocycles. The molecule has 94 valence electrons. The monoisotopic (exact) mass is 237 g/mol. The maximum atomic E-state index is 13.3. The van der Waals surface area contributed by atoms with E-state index < -0.39 is 0 Å². The van der Waals surface area contributed by atoms with Crippen LogP contribution < -0.4 is 5.73 Å². The second kappa shape index (κ2) is 6.12. The van der Waals surface area contributed by atoms with Crippen LogP contribution in [0.3, 0.4) is 0 Å². The van der Waals surface area contributed by atoms with E-state index in [1.165, 1.54) is 18.9 Å². The first kappa shape index (κ1) is 12.5. The van der Waals surface area contributed by atoms with Gasteiger partial charge in [-0.15, -0.1) is 0 Å². The van der Waals surface area contributed by atoms with Gasteiger partial charge in [0.2, 0.25) is 0 Å². The van der Waals surface area contributed by atoms with Crippen molar-refractivity contribution in [2.45, 2.75) is 38.3 Å². The second-order valence-corrected chi connectivity index (χ2v) is 4.79. The zero-order chi connectivity index (χ0) is 12.1. The van der Waals surface area contributed by atoms with Crippen molar-refractivity contribution in [3.8, 4) is 0 Å². The molecule has 1 saturated carbocycles. The molecule has 0 bridgehead atoms.